The Morgan fingerprint density at radius 2 is 1.96 bits per heavy atom. The first-order chi connectivity index (χ1) is 11.4. The summed E-state index contributed by atoms with van der Waals surface area (Å²) < 4.78 is 0. The maximum atomic E-state index is 12.2. The molecule has 0 aliphatic heterocycles. The Bertz CT molecular complexity index is 657. The molecule has 2 N–H and O–H groups in total. The fourth-order valence-corrected chi connectivity index (χ4v) is 3.08. The van der Waals surface area contributed by atoms with Gasteiger partial charge in [-0.25, -0.2) is 4.98 Å². The minimum atomic E-state index is -0.663. The van der Waals surface area contributed by atoms with Gasteiger partial charge in [-0.2, -0.15) is 0 Å². The average molecular weight is 346 g/mol. The third-order valence-electron chi connectivity index (χ3n) is 3.81. The van der Waals surface area contributed by atoms with E-state index in [-0.39, 0.29) is 5.91 Å². The maximum Gasteiger partial charge on any atom is 0.251 e. The highest BCUT2D eigenvalue weighted by Crippen LogP contribution is 2.14. The predicted molar refractivity (Wildman–Crippen MR) is 98.6 cm³/mol. The van der Waals surface area contributed by atoms with E-state index in [0.717, 1.165) is 35.5 Å². The van der Waals surface area contributed by atoms with Gasteiger partial charge in [0.05, 0.1) is 16.3 Å². The number of amides is 1. The van der Waals surface area contributed by atoms with Crippen LogP contribution in [0, 0.1) is 0 Å². The minimum Gasteiger partial charge on any atom is -0.390 e. The summed E-state index contributed by atoms with van der Waals surface area (Å²) in [6, 6.07) is 7.59. The molecule has 0 aliphatic carbocycles. The van der Waals surface area contributed by atoms with Gasteiger partial charge in [0.2, 0.25) is 0 Å². The molecule has 1 aromatic carbocycles. The normalized spacial score (nSPS) is 11.5. The summed E-state index contributed by atoms with van der Waals surface area (Å²) >= 11 is 1.67. The number of benzene rings is 1. The third-order valence-corrected chi connectivity index (χ3v) is 4.85. The lowest BCUT2D eigenvalue weighted by Gasteiger charge is -2.16. The van der Waals surface area contributed by atoms with E-state index in [4.69, 9.17) is 0 Å². The number of thiazole rings is 1. The Morgan fingerprint density at radius 1 is 1.25 bits per heavy atom. The third kappa shape index (κ3) is 6.06. The smallest absolute Gasteiger partial charge is 0.251 e. The minimum absolute atomic E-state index is 0.0602. The Balaban J connectivity index is 1.79. The molecule has 0 atom stereocenters. The Kier molecular flexibility index (Phi) is 6.52. The largest absolute Gasteiger partial charge is 0.390 e. The molecule has 1 aromatic heterocycles. The van der Waals surface area contributed by atoms with Crippen molar-refractivity contribution in [3.05, 3.63) is 51.5 Å². The van der Waals surface area contributed by atoms with E-state index in [1.807, 2.05) is 24.3 Å². The number of carbonyl (C=O) groups excluding carboxylic acids is 1. The van der Waals surface area contributed by atoms with Crippen molar-refractivity contribution in [2.24, 2.45) is 0 Å². The van der Waals surface area contributed by atoms with Crippen LogP contribution in [0.5, 0.6) is 0 Å². The standard InChI is InChI=1S/C19H26N2O2S/c1-4-17-21-16(13-24-17)10-12-20-18(22)15-7-5-14(6-8-15)9-11-19(2,3)23/h5-8,13,23H,4,9-12H2,1-3H3,(H,20,22). The molecule has 0 fully saturated rings. The topological polar surface area (TPSA) is 62.2 Å². The van der Waals surface area contributed by atoms with Crippen molar-refractivity contribution in [1.29, 1.82) is 0 Å². The number of rotatable bonds is 8. The molecule has 2 aromatic rings. The number of nitrogens with one attached hydrogen (secondary N) is 1. The maximum absolute atomic E-state index is 12.2. The molecule has 0 radical (unpaired) electrons. The summed E-state index contributed by atoms with van der Waals surface area (Å²) in [5.41, 5.74) is 2.17. The number of nitrogens with zero attached hydrogens (tertiary/aromatic N) is 1. The van der Waals surface area contributed by atoms with Gasteiger partial charge in [-0.1, -0.05) is 19.1 Å². The lowest BCUT2D eigenvalue weighted by Crippen LogP contribution is -2.25. The monoisotopic (exact) mass is 346 g/mol. The van der Waals surface area contributed by atoms with Gasteiger partial charge in [0.15, 0.2) is 0 Å². The Hall–Kier alpha value is -1.72. The van der Waals surface area contributed by atoms with Crippen LogP contribution in [0.25, 0.3) is 0 Å². The molecule has 4 nitrogen and oxygen atoms in total. The van der Waals surface area contributed by atoms with Gasteiger partial charge in [-0.3, -0.25) is 4.79 Å². The van der Waals surface area contributed by atoms with Crippen LogP contribution < -0.4 is 5.32 Å². The molecule has 1 amide bonds. The fourth-order valence-electron chi connectivity index (χ4n) is 2.31. The van der Waals surface area contributed by atoms with E-state index >= 15 is 0 Å². The quantitative estimate of drug-likeness (QED) is 0.770. The van der Waals surface area contributed by atoms with Gasteiger partial charge in [-0.15, -0.1) is 11.3 Å². The van der Waals surface area contributed by atoms with Crippen LogP contribution >= 0.6 is 11.3 Å². The average Bonchev–Trinajstić information content (AvgIpc) is 3.00. The lowest BCUT2D eigenvalue weighted by atomic mass is 9.98. The van der Waals surface area contributed by atoms with Crippen molar-refractivity contribution in [2.45, 2.75) is 52.1 Å². The van der Waals surface area contributed by atoms with Crippen LogP contribution in [0.4, 0.5) is 0 Å². The molecular formula is C19H26N2O2S. The number of aryl methyl sites for hydroxylation is 2. The molecule has 130 valence electrons. The van der Waals surface area contributed by atoms with Gasteiger partial charge in [-0.05, 0) is 50.8 Å². The molecular weight excluding hydrogens is 320 g/mol. The van der Waals surface area contributed by atoms with E-state index < -0.39 is 5.60 Å². The van der Waals surface area contributed by atoms with Crippen LogP contribution in [0.2, 0.25) is 0 Å². The predicted octanol–water partition coefficient (Wildman–Crippen LogP) is 3.38. The lowest BCUT2D eigenvalue weighted by molar-refractivity contribution is 0.0713. The molecule has 0 unspecified atom stereocenters. The Morgan fingerprint density at radius 3 is 2.54 bits per heavy atom. The van der Waals surface area contributed by atoms with Crippen LogP contribution in [0.3, 0.4) is 0 Å². The Labute approximate surface area is 148 Å². The van der Waals surface area contributed by atoms with Crippen molar-refractivity contribution in [3.63, 3.8) is 0 Å². The highest BCUT2D eigenvalue weighted by atomic mass is 32.1. The highest BCUT2D eigenvalue weighted by Gasteiger charge is 2.12. The molecule has 0 aliphatic rings. The van der Waals surface area contributed by atoms with Crippen molar-refractivity contribution in [3.8, 4) is 0 Å². The highest BCUT2D eigenvalue weighted by molar-refractivity contribution is 7.09. The van der Waals surface area contributed by atoms with E-state index in [2.05, 4.69) is 22.6 Å². The van der Waals surface area contributed by atoms with Crippen LogP contribution in [0.1, 0.15) is 53.8 Å². The summed E-state index contributed by atoms with van der Waals surface area (Å²) in [4.78, 5) is 16.7. The molecule has 0 saturated carbocycles. The molecule has 2 rings (SSSR count). The number of carbonyl (C=O) groups is 1. The molecule has 1 heterocycles. The van der Waals surface area contributed by atoms with Gasteiger partial charge in [0, 0.05) is 23.9 Å². The van der Waals surface area contributed by atoms with Crippen LogP contribution in [-0.2, 0) is 19.3 Å². The number of aliphatic hydroxyl groups is 1. The molecule has 0 spiro atoms. The van der Waals surface area contributed by atoms with Crippen molar-refractivity contribution in [2.75, 3.05) is 6.54 Å². The second-order valence-corrected chi connectivity index (χ2v) is 7.54. The van der Waals surface area contributed by atoms with Crippen LogP contribution in [0.15, 0.2) is 29.6 Å². The second-order valence-electron chi connectivity index (χ2n) is 6.60. The van der Waals surface area contributed by atoms with E-state index in [1.54, 1.807) is 25.2 Å². The first kappa shape index (κ1) is 18.6. The van der Waals surface area contributed by atoms with Crippen molar-refractivity contribution < 1.29 is 9.90 Å². The summed E-state index contributed by atoms with van der Waals surface area (Å²) in [7, 11) is 0. The van der Waals surface area contributed by atoms with Gasteiger partial charge < -0.3 is 10.4 Å². The summed E-state index contributed by atoms with van der Waals surface area (Å²) in [5.74, 6) is -0.0602. The summed E-state index contributed by atoms with van der Waals surface area (Å²) in [6.07, 6.45) is 3.21. The molecule has 0 saturated heterocycles. The molecule has 0 bridgehead atoms. The van der Waals surface area contributed by atoms with Crippen LogP contribution in [-0.4, -0.2) is 28.1 Å². The van der Waals surface area contributed by atoms with E-state index in [0.29, 0.717) is 18.5 Å². The first-order valence-corrected chi connectivity index (χ1v) is 9.28. The fraction of sp³-hybridized carbons (Fsp3) is 0.474. The summed E-state index contributed by atoms with van der Waals surface area (Å²) in [5, 5.41) is 15.9. The number of aromatic nitrogens is 1. The molecule has 5 heteroatoms. The zero-order valence-corrected chi connectivity index (χ0v) is 15.4. The molecule has 24 heavy (non-hydrogen) atoms. The van der Waals surface area contributed by atoms with Gasteiger partial charge in [0.1, 0.15) is 0 Å². The number of hydrogen-bond acceptors (Lipinski definition) is 4. The van der Waals surface area contributed by atoms with E-state index in [9.17, 15) is 9.90 Å². The summed E-state index contributed by atoms with van der Waals surface area (Å²) in [6.45, 7) is 6.29. The van der Waals surface area contributed by atoms with Crippen molar-refractivity contribution in [1.82, 2.24) is 10.3 Å². The second kappa shape index (κ2) is 8.40. The van der Waals surface area contributed by atoms with E-state index in [1.165, 1.54) is 0 Å². The zero-order valence-electron chi connectivity index (χ0n) is 14.6. The van der Waals surface area contributed by atoms with Gasteiger partial charge >= 0.3 is 0 Å². The van der Waals surface area contributed by atoms with Gasteiger partial charge in [0.25, 0.3) is 5.91 Å². The van der Waals surface area contributed by atoms with Crippen molar-refractivity contribution >= 4 is 17.2 Å². The zero-order chi connectivity index (χ0) is 17.6. The SMILES string of the molecule is CCc1nc(CCNC(=O)c2ccc(CCC(C)(C)O)cc2)cs1. The first-order valence-electron chi connectivity index (χ1n) is 8.40. The number of hydrogen-bond donors (Lipinski definition) is 2.